The molecule has 0 aromatic carbocycles. The van der Waals surface area contributed by atoms with Crippen LogP contribution in [0.1, 0.15) is 35.4 Å². The van der Waals surface area contributed by atoms with Gasteiger partial charge in [-0.25, -0.2) is 0 Å². The third-order valence-corrected chi connectivity index (χ3v) is 3.23. The number of aryl methyl sites for hydroxylation is 1. The van der Waals surface area contributed by atoms with E-state index in [2.05, 4.69) is 10.6 Å². The number of hydrogen-bond donors (Lipinski definition) is 2. The quantitative estimate of drug-likeness (QED) is 0.836. The van der Waals surface area contributed by atoms with E-state index in [0.29, 0.717) is 11.5 Å². The van der Waals surface area contributed by atoms with Crippen LogP contribution in [0.5, 0.6) is 0 Å². The van der Waals surface area contributed by atoms with Crippen molar-refractivity contribution in [3.63, 3.8) is 0 Å². The van der Waals surface area contributed by atoms with Gasteiger partial charge >= 0.3 is 0 Å². The number of carbonyl (C=O) groups is 1. The molecule has 1 aromatic rings. The van der Waals surface area contributed by atoms with E-state index in [4.69, 9.17) is 4.42 Å². The zero-order chi connectivity index (χ0) is 12.1. The lowest BCUT2D eigenvalue weighted by atomic mass is 9.96. The monoisotopic (exact) mass is 236 g/mol. The van der Waals surface area contributed by atoms with Gasteiger partial charge in [0.05, 0.1) is 5.56 Å². The molecule has 0 bridgehead atoms. The maximum absolute atomic E-state index is 11.7. The van der Waals surface area contributed by atoms with Crippen LogP contribution in [0.25, 0.3) is 0 Å². The van der Waals surface area contributed by atoms with E-state index in [9.17, 15) is 4.79 Å². The number of hydrogen-bond acceptors (Lipinski definition) is 3. The molecule has 2 rings (SSSR count). The van der Waals surface area contributed by atoms with Gasteiger partial charge in [0.25, 0.3) is 5.91 Å². The largest absolute Gasteiger partial charge is 0.469 e. The molecule has 2 heterocycles. The smallest absolute Gasteiger partial charge is 0.254 e. The SMILES string of the molecule is Cc1cc(C(=O)NCCC2CCCNC2)co1. The molecule has 1 amide bonds. The molecule has 1 saturated heterocycles. The second kappa shape index (κ2) is 5.87. The number of rotatable bonds is 4. The summed E-state index contributed by atoms with van der Waals surface area (Å²) in [6.45, 7) is 4.80. The van der Waals surface area contributed by atoms with Crippen LogP contribution in [0.15, 0.2) is 16.7 Å². The molecule has 0 aliphatic carbocycles. The second-order valence-electron chi connectivity index (χ2n) is 4.70. The Morgan fingerprint density at radius 2 is 2.53 bits per heavy atom. The van der Waals surface area contributed by atoms with Crippen molar-refractivity contribution in [1.29, 1.82) is 0 Å². The third-order valence-electron chi connectivity index (χ3n) is 3.23. The summed E-state index contributed by atoms with van der Waals surface area (Å²) in [7, 11) is 0. The minimum Gasteiger partial charge on any atom is -0.469 e. The standard InChI is InChI=1S/C13H20N2O2/c1-10-7-12(9-17-10)13(16)15-6-4-11-3-2-5-14-8-11/h7,9,11,14H,2-6,8H2,1H3,(H,15,16). The molecule has 1 atom stereocenters. The maximum atomic E-state index is 11.7. The first-order valence-electron chi connectivity index (χ1n) is 6.30. The molecule has 4 heteroatoms. The highest BCUT2D eigenvalue weighted by atomic mass is 16.3. The van der Waals surface area contributed by atoms with Crippen LogP contribution in [-0.2, 0) is 0 Å². The van der Waals surface area contributed by atoms with E-state index in [1.165, 1.54) is 19.1 Å². The van der Waals surface area contributed by atoms with Crippen molar-refractivity contribution in [3.8, 4) is 0 Å². The predicted molar refractivity (Wildman–Crippen MR) is 66.0 cm³/mol. The predicted octanol–water partition coefficient (Wildman–Crippen LogP) is 1.71. The van der Waals surface area contributed by atoms with E-state index < -0.39 is 0 Å². The zero-order valence-electron chi connectivity index (χ0n) is 10.3. The van der Waals surface area contributed by atoms with Crippen molar-refractivity contribution in [2.75, 3.05) is 19.6 Å². The molecular weight excluding hydrogens is 216 g/mol. The van der Waals surface area contributed by atoms with E-state index in [-0.39, 0.29) is 5.91 Å². The van der Waals surface area contributed by atoms with Crippen molar-refractivity contribution in [2.45, 2.75) is 26.2 Å². The summed E-state index contributed by atoms with van der Waals surface area (Å²) in [6, 6.07) is 1.76. The Morgan fingerprint density at radius 3 is 3.18 bits per heavy atom. The molecule has 4 nitrogen and oxygen atoms in total. The van der Waals surface area contributed by atoms with Gasteiger partial charge < -0.3 is 15.1 Å². The van der Waals surface area contributed by atoms with Crippen molar-refractivity contribution in [3.05, 3.63) is 23.7 Å². The summed E-state index contributed by atoms with van der Waals surface area (Å²) in [5, 5.41) is 6.31. The van der Waals surface area contributed by atoms with E-state index in [0.717, 1.165) is 31.8 Å². The Kier molecular flexibility index (Phi) is 4.20. The van der Waals surface area contributed by atoms with Gasteiger partial charge in [-0.15, -0.1) is 0 Å². The lowest BCUT2D eigenvalue weighted by Crippen LogP contribution is -2.33. The molecule has 1 unspecified atom stereocenters. The van der Waals surface area contributed by atoms with Crippen molar-refractivity contribution in [1.82, 2.24) is 10.6 Å². The minimum absolute atomic E-state index is 0.0365. The number of amides is 1. The molecule has 1 fully saturated rings. The van der Waals surface area contributed by atoms with Crippen LogP contribution in [0, 0.1) is 12.8 Å². The Hall–Kier alpha value is -1.29. The van der Waals surface area contributed by atoms with E-state index in [1.807, 2.05) is 6.92 Å². The summed E-state index contributed by atoms with van der Waals surface area (Å²) >= 11 is 0. The highest BCUT2D eigenvalue weighted by Crippen LogP contribution is 2.13. The van der Waals surface area contributed by atoms with Crippen molar-refractivity contribution < 1.29 is 9.21 Å². The fraction of sp³-hybridized carbons (Fsp3) is 0.615. The van der Waals surface area contributed by atoms with Gasteiger partial charge in [0.2, 0.25) is 0 Å². The summed E-state index contributed by atoms with van der Waals surface area (Å²) in [6.07, 6.45) is 5.08. The highest BCUT2D eigenvalue weighted by Gasteiger charge is 2.13. The molecule has 1 aliphatic heterocycles. The first-order valence-corrected chi connectivity index (χ1v) is 6.30. The van der Waals surface area contributed by atoms with Gasteiger partial charge in [-0.1, -0.05) is 0 Å². The van der Waals surface area contributed by atoms with Crippen LogP contribution in [0.3, 0.4) is 0 Å². The van der Waals surface area contributed by atoms with Gasteiger partial charge in [0.15, 0.2) is 0 Å². The third kappa shape index (κ3) is 3.60. The van der Waals surface area contributed by atoms with Gasteiger partial charge in [0.1, 0.15) is 12.0 Å². The molecule has 94 valence electrons. The summed E-state index contributed by atoms with van der Waals surface area (Å²) < 4.78 is 5.11. The molecule has 2 N–H and O–H groups in total. The normalized spacial score (nSPS) is 20.2. The summed E-state index contributed by atoms with van der Waals surface area (Å²) in [5.74, 6) is 1.44. The fourth-order valence-corrected chi connectivity index (χ4v) is 2.22. The first-order chi connectivity index (χ1) is 8.25. The lowest BCUT2D eigenvalue weighted by Gasteiger charge is -2.22. The summed E-state index contributed by atoms with van der Waals surface area (Å²) in [5.41, 5.74) is 0.615. The highest BCUT2D eigenvalue weighted by molar-refractivity contribution is 5.93. The molecule has 1 aliphatic rings. The second-order valence-corrected chi connectivity index (χ2v) is 4.70. The minimum atomic E-state index is -0.0365. The molecule has 0 saturated carbocycles. The lowest BCUT2D eigenvalue weighted by molar-refractivity contribution is 0.0950. The molecule has 0 spiro atoms. The maximum Gasteiger partial charge on any atom is 0.254 e. The fourth-order valence-electron chi connectivity index (χ4n) is 2.22. The van der Waals surface area contributed by atoms with Crippen molar-refractivity contribution >= 4 is 5.91 Å². The van der Waals surface area contributed by atoms with Crippen LogP contribution < -0.4 is 10.6 Å². The average Bonchev–Trinajstić information content (AvgIpc) is 2.77. The topological polar surface area (TPSA) is 54.3 Å². The van der Waals surface area contributed by atoms with Gasteiger partial charge in [-0.05, 0) is 51.3 Å². The van der Waals surface area contributed by atoms with Gasteiger partial charge in [-0.2, -0.15) is 0 Å². The van der Waals surface area contributed by atoms with Gasteiger partial charge in [0, 0.05) is 6.54 Å². The average molecular weight is 236 g/mol. The van der Waals surface area contributed by atoms with Crippen LogP contribution in [0.2, 0.25) is 0 Å². The van der Waals surface area contributed by atoms with Crippen LogP contribution in [0.4, 0.5) is 0 Å². The van der Waals surface area contributed by atoms with Crippen molar-refractivity contribution in [2.24, 2.45) is 5.92 Å². The molecule has 17 heavy (non-hydrogen) atoms. The first kappa shape index (κ1) is 12.2. The molecule has 0 radical (unpaired) electrons. The number of nitrogens with one attached hydrogen (secondary N) is 2. The number of piperidine rings is 1. The number of carbonyl (C=O) groups excluding carboxylic acids is 1. The van der Waals surface area contributed by atoms with Crippen LogP contribution >= 0.6 is 0 Å². The van der Waals surface area contributed by atoms with E-state index in [1.54, 1.807) is 6.07 Å². The summed E-state index contributed by atoms with van der Waals surface area (Å²) in [4.78, 5) is 11.7. The number of furan rings is 1. The van der Waals surface area contributed by atoms with Gasteiger partial charge in [-0.3, -0.25) is 4.79 Å². The Morgan fingerprint density at radius 1 is 1.65 bits per heavy atom. The molecular formula is C13H20N2O2. The zero-order valence-corrected chi connectivity index (χ0v) is 10.3. The molecule has 1 aromatic heterocycles. The Bertz CT molecular complexity index is 367. The van der Waals surface area contributed by atoms with Crippen LogP contribution in [-0.4, -0.2) is 25.5 Å². The Labute approximate surface area is 102 Å². The Balaban J connectivity index is 1.69. The van der Waals surface area contributed by atoms with E-state index >= 15 is 0 Å².